The van der Waals surface area contributed by atoms with Crippen molar-refractivity contribution in [2.75, 3.05) is 5.32 Å². The summed E-state index contributed by atoms with van der Waals surface area (Å²) in [6, 6.07) is 10.3. The van der Waals surface area contributed by atoms with Crippen molar-refractivity contribution in [3.8, 4) is 11.4 Å². The van der Waals surface area contributed by atoms with Crippen LogP contribution in [-0.2, 0) is 0 Å². The van der Waals surface area contributed by atoms with Crippen LogP contribution < -0.4 is 5.32 Å². The number of rotatable bonds is 4. The molecule has 0 bridgehead atoms. The second kappa shape index (κ2) is 7.94. The zero-order valence-corrected chi connectivity index (χ0v) is 18.8. The highest BCUT2D eigenvalue weighted by Crippen LogP contribution is 2.46. The fraction of sp³-hybridized carbons (Fsp3) is 0.286. The smallest absolute Gasteiger partial charge is 0.322 e. The van der Waals surface area contributed by atoms with E-state index in [-0.39, 0.29) is 24.6 Å². The molecule has 12 heteroatoms. The van der Waals surface area contributed by atoms with Crippen LogP contribution in [0, 0.1) is 12.8 Å². The van der Waals surface area contributed by atoms with Crippen LogP contribution in [0.5, 0.6) is 0 Å². The number of aryl methyl sites for hydroxylation is 1. The fourth-order valence-electron chi connectivity index (χ4n) is 3.80. The maximum absolute atomic E-state index is 13.0. The molecule has 1 aliphatic rings. The Kier molecular flexibility index (Phi) is 5.19. The van der Waals surface area contributed by atoms with Crippen molar-refractivity contribution in [2.45, 2.75) is 32.0 Å². The highest BCUT2D eigenvalue weighted by Gasteiger charge is 2.49. The van der Waals surface area contributed by atoms with E-state index in [1.165, 1.54) is 4.80 Å². The molecule has 1 aromatic carbocycles. The molecule has 170 valence electrons. The van der Waals surface area contributed by atoms with Gasteiger partial charge in [-0.3, -0.25) is 4.79 Å². The molecule has 3 aromatic heterocycles. The Labute approximate surface area is 193 Å². The van der Waals surface area contributed by atoms with Crippen LogP contribution in [0.25, 0.3) is 16.9 Å². The highest BCUT2D eigenvalue weighted by molar-refractivity contribution is 9.10. The Bertz CT molecular complexity index is 1360. The Balaban J connectivity index is 1.37. The largest absolute Gasteiger partial charge is 0.391 e. The number of aromatic nitrogens is 6. The van der Waals surface area contributed by atoms with Gasteiger partial charge in [0.2, 0.25) is 5.82 Å². The molecule has 1 aliphatic carbocycles. The maximum atomic E-state index is 13.0. The lowest BCUT2D eigenvalue weighted by Crippen LogP contribution is -2.37. The van der Waals surface area contributed by atoms with Gasteiger partial charge in [0.1, 0.15) is 10.2 Å². The van der Waals surface area contributed by atoms with Crippen molar-refractivity contribution in [1.29, 1.82) is 0 Å². The number of halogens is 4. The molecule has 0 unspecified atom stereocenters. The number of amides is 1. The van der Waals surface area contributed by atoms with Gasteiger partial charge in [0.15, 0.2) is 0 Å². The Morgan fingerprint density at radius 1 is 1.18 bits per heavy atom. The molecule has 0 saturated heterocycles. The lowest BCUT2D eigenvalue weighted by molar-refractivity contribution is -0.203. The van der Waals surface area contributed by atoms with Crippen molar-refractivity contribution in [3.63, 3.8) is 0 Å². The normalized spacial score (nSPS) is 18.3. The van der Waals surface area contributed by atoms with Gasteiger partial charge in [-0.15, -0.1) is 10.2 Å². The summed E-state index contributed by atoms with van der Waals surface area (Å²) in [4.78, 5) is 14.3. The molecule has 5 rings (SSSR count). The van der Waals surface area contributed by atoms with Crippen LogP contribution >= 0.6 is 15.9 Å². The van der Waals surface area contributed by atoms with Crippen molar-refractivity contribution >= 4 is 33.0 Å². The Hall–Kier alpha value is -3.28. The summed E-state index contributed by atoms with van der Waals surface area (Å²) < 4.78 is 40.3. The summed E-state index contributed by atoms with van der Waals surface area (Å²) >= 11 is 3.34. The number of benzene rings is 1. The zero-order chi connectivity index (χ0) is 23.3. The van der Waals surface area contributed by atoms with E-state index in [1.54, 1.807) is 35.0 Å². The van der Waals surface area contributed by atoms with Gasteiger partial charge in [0.25, 0.3) is 5.91 Å². The quantitative estimate of drug-likeness (QED) is 0.417. The number of hydrogen-bond donors (Lipinski definition) is 1. The monoisotopic (exact) mass is 519 g/mol. The van der Waals surface area contributed by atoms with Crippen molar-refractivity contribution in [3.05, 3.63) is 58.3 Å². The lowest BCUT2D eigenvalue weighted by atomic mass is 9.80. The minimum atomic E-state index is -4.19. The number of carbonyl (C=O) groups excluding carboxylic acids is 1. The first kappa shape index (κ1) is 21.6. The number of alkyl halides is 3. The lowest BCUT2D eigenvalue weighted by Gasteiger charge is -2.35. The number of anilines is 1. The number of nitrogens with one attached hydrogen (secondary N) is 1. The topological polar surface area (TPSA) is 90.0 Å². The first-order chi connectivity index (χ1) is 15.7. The molecule has 8 nitrogen and oxygen atoms in total. The second-order valence-corrected chi connectivity index (χ2v) is 8.73. The summed E-state index contributed by atoms with van der Waals surface area (Å²) in [7, 11) is 0. The average molecular weight is 520 g/mol. The van der Waals surface area contributed by atoms with Gasteiger partial charge in [0, 0.05) is 17.4 Å². The Morgan fingerprint density at radius 2 is 1.97 bits per heavy atom. The van der Waals surface area contributed by atoms with Crippen LogP contribution in [0.3, 0.4) is 0 Å². The maximum Gasteiger partial charge on any atom is 0.391 e. The molecule has 1 fully saturated rings. The summed E-state index contributed by atoms with van der Waals surface area (Å²) in [5, 5.41) is 19.4. The van der Waals surface area contributed by atoms with E-state index < -0.39 is 18.1 Å². The molecule has 0 aliphatic heterocycles. The molecule has 0 spiro atoms. The van der Waals surface area contributed by atoms with Crippen molar-refractivity contribution in [2.24, 2.45) is 5.92 Å². The molecule has 4 aromatic rings. The van der Waals surface area contributed by atoms with Gasteiger partial charge in [-0.25, -0.2) is 4.52 Å². The van der Waals surface area contributed by atoms with E-state index in [9.17, 15) is 18.0 Å². The third-order valence-electron chi connectivity index (χ3n) is 5.80. The number of hydrogen-bond acceptors (Lipinski definition) is 5. The van der Waals surface area contributed by atoms with Crippen molar-refractivity contribution < 1.29 is 18.0 Å². The summed E-state index contributed by atoms with van der Waals surface area (Å²) in [6.45, 7) is 1.85. The molecule has 33 heavy (non-hydrogen) atoms. The number of nitrogens with zero attached hydrogens (tertiary/aromatic N) is 6. The first-order valence-electron chi connectivity index (χ1n) is 10.1. The molecule has 1 amide bonds. The van der Waals surface area contributed by atoms with E-state index >= 15 is 0 Å². The second-order valence-electron chi connectivity index (χ2n) is 7.98. The number of tetrazole rings is 1. The van der Waals surface area contributed by atoms with E-state index in [0.29, 0.717) is 26.9 Å². The predicted octanol–water partition coefficient (Wildman–Crippen LogP) is 4.82. The van der Waals surface area contributed by atoms with Crippen molar-refractivity contribution in [1.82, 2.24) is 29.8 Å². The summed E-state index contributed by atoms with van der Waals surface area (Å²) in [6.07, 6.45) is -2.55. The van der Waals surface area contributed by atoms with Gasteiger partial charge in [-0.2, -0.15) is 23.1 Å². The van der Waals surface area contributed by atoms with Gasteiger partial charge in [-0.1, -0.05) is 18.2 Å². The van der Waals surface area contributed by atoms with E-state index in [1.807, 2.05) is 19.1 Å². The third-order valence-corrected chi connectivity index (χ3v) is 6.35. The molecule has 0 atom stereocenters. The first-order valence-corrected chi connectivity index (χ1v) is 10.9. The summed E-state index contributed by atoms with van der Waals surface area (Å²) in [5.74, 6) is -1.39. The molecular formula is C21H17BrF3N7O. The standard InChI is InChI=1S/C21H17BrF3N7O/c1-11-5-6-12(19-27-30-32(29-19)14-9-13(10-14)21(23,24)25)8-15(11)26-20(33)17-16-4-2-3-7-31(16)28-18(17)22/h2-8,13-14H,9-10H2,1H3,(H,26,33). The van der Waals surface area contributed by atoms with Gasteiger partial charge < -0.3 is 5.32 Å². The summed E-state index contributed by atoms with van der Waals surface area (Å²) in [5.41, 5.74) is 3.01. The van der Waals surface area contributed by atoms with Crippen LogP contribution in [-0.4, -0.2) is 41.9 Å². The molecule has 0 radical (unpaired) electrons. The highest BCUT2D eigenvalue weighted by atomic mass is 79.9. The third kappa shape index (κ3) is 3.99. The molecule has 3 heterocycles. The molecular weight excluding hydrogens is 503 g/mol. The minimum absolute atomic E-state index is 0.0525. The van der Waals surface area contributed by atoms with Gasteiger partial charge >= 0.3 is 6.18 Å². The van der Waals surface area contributed by atoms with Gasteiger partial charge in [-0.05, 0) is 64.7 Å². The van der Waals surface area contributed by atoms with E-state index in [2.05, 4.69) is 41.8 Å². The van der Waals surface area contributed by atoms with Crippen LogP contribution in [0.4, 0.5) is 18.9 Å². The average Bonchev–Trinajstić information content (AvgIpc) is 3.31. The Morgan fingerprint density at radius 3 is 2.73 bits per heavy atom. The molecule has 1 N–H and O–H groups in total. The fourth-order valence-corrected chi connectivity index (χ4v) is 4.35. The minimum Gasteiger partial charge on any atom is -0.322 e. The number of fused-ring (bicyclic) bond motifs is 1. The number of pyridine rings is 1. The predicted molar refractivity (Wildman–Crippen MR) is 117 cm³/mol. The number of carbonyl (C=O) groups is 1. The molecule has 1 saturated carbocycles. The van der Waals surface area contributed by atoms with Crippen LogP contribution in [0.2, 0.25) is 0 Å². The van der Waals surface area contributed by atoms with Crippen LogP contribution in [0.1, 0.15) is 34.8 Å². The van der Waals surface area contributed by atoms with Crippen LogP contribution in [0.15, 0.2) is 47.2 Å². The van der Waals surface area contributed by atoms with E-state index in [0.717, 1.165) is 5.56 Å². The zero-order valence-electron chi connectivity index (χ0n) is 17.2. The van der Waals surface area contributed by atoms with E-state index in [4.69, 9.17) is 0 Å². The van der Waals surface area contributed by atoms with Gasteiger partial charge in [0.05, 0.1) is 17.5 Å². The SMILES string of the molecule is Cc1ccc(-c2nnn(C3CC(C(F)(F)F)C3)n2)cc1NC(=O)c1c(Br)nn2ccccc12.